The second-order valence-corrected chi connectivity index (χ2v) is 8.62. The number of carboxylic acid groups (broad SMARTS) is 1. The van der Waals surface area contributed by atoms with Crippen LogP contribution in [0.5, 0.6) is 0 Å². The summed E-state index contributed by atoms with van der Waals surface area (Å²) in [6, 6.07) is 0. The summed E-state index contributed by atoms with van der Waals surface area (Å²) in [5.41, 5.74) is 0. The zero-order valence-corrected chi connectivity index (χ0v) is 22.9. The topological polar surface area (TPSA) is 107 Å². The van der Waals surface area contributed by atoms with Gasteiger partial charge in [0.15, 0.2) is 0 Å². The molecule has 2 N–H and O–H groups in total. The van der Waals surface area contributed by atoms with Gasteiger partial charge in [-0.25, -0.2) is 4.79 Å². The normalized spacial score (nSPS) is 12.4. The molecular formula is C24H47NaO6. The minimum Gasteiger partial charge on any atom is -0.547 e. The van der Waals surface area contributed by atoms with E-state index in [1.807, 2.05) is 0 Å². The standard InChI is InChI=1S/C21H42O3.C3H6O3.Na/c1-19(2)17-15-13-11-9-7-5-4-6-8-10-12-14-16-18-24-21(23)20(3)22;1-2(4)3(5)6;/h19-20,22H,4-18H2,1-3H3;2,4H,1H3,(H,5,6);/q;;+1/p-1. The van der Waals surface area contributed by atoms with E-state index in [0.29, 0.717) is 6.61 Å². The average Bonchev–Trinajstić information content (AvgIpc) is 2.67. The molecule has 0 aliphatic rings. The third kappa shape index (κ3) is 32.1. The van der Waals surface area contributed by atoms with Gasteiger partial charge in [-0.15, -0.1) is 0 Å². The molecule has 2 atom stereocenters. The maximum Gasteiger partial charge on any atom is 1.00 e. The van der Waals surface area contributed by atoms with E-state index in [1.165, 1.54) is 84.0 Å². The van der Waals surface area contributed by atoms with Gasteiger partial charge in [0, 0.05) is 0 Å². The number of esters is 1. The third-order valence-electron chi connectivity index (χ3n) is 4.85. The zero-order valence-electron chi connectivity index (χ0n) is 20.9. The number of hydrogen-bond acceptors (Lipinski definition) is 6. The van der Waals surface area contributed by atoms with Crippen LogP contribution >= 0.6 is 0 Å². The number of aliphatic carboxylic acids is 1. The first kappa shape index (κ1) is 35.4. The number of carbonyl (C=O) groups excluding carboxylic acids is 2. The molecule has 6 nitrogen and oxygen atoms in total. The van der Waals surface area contributed by atoms with E-state index >= 15 is 0 Å². The molecule has 31 heavy (non-hydrogen) atoms. The SMILES string of the molecule is CC(C)CCCCCCCCCCCCCCCOC(=O)C(C)O.CC(O)C(=O)[O-].[Na+]. The Kier molecular flexibility index (Phi) is 29.9. The Morgan fingerprint density at radius 3 is 1.29 bits per heavy atom. The summed E-state index contributed by atoms with van der Waals surface area (Å²) in [6.45, 7) is 7.64. The number of unbranched alkanes of at least 4 members (excludes halogenated alkanes) is 12. The van der Waals surface area contributed by atoms with Gasteiger partial charge >= 0.3 is 35.5 Å². The van der Waals surface area contributed by atoms with Crippen molar-refractivity contribution in [2.24, 2.45) is 5.92 Å². The molecule has 0 radical (unpaired) electrons. The molecule has 0 fully saturated rings. The third-order valence-corrected chi connectivity index (χ3v) is 4.85. The van der Waals surface area contributed by atoms with Crippen molar-refractivity contribution in [1.82, 2.24) is 0 Å². The van der Waals surface area contributed by atoms with E-state index < -0.39 is 24.1 Å². The minimum atomic E-state index is -1.44. The summed E-state index contributed by atoms with van der Waals surface area (Å²) in [4.78, 5) is 20.4. The Morgan fingerprint density at radius 2 is 1.00 bits per heavy atom. The van der Waals surface area contributed by atoms with Crippen LogP contribution < -0.4 is 34.7 Å². The Hall–Kier alpha value is -0.140. The van der Waals surface area contributed by atoms with Crippen molar-refractivity contribution in [3.05, 3.63) is 0 Å². The van der Waals surface area contributed by atoms with E-state index in [9.17, 15) is 14.7 Å². The molecule has 0 heterocycles. The van der Waals surface area contributed by atoms with Crippen LogP contribution in [0.25, 0.3) is 0 Å². The average molecular weight is 455 g/mol. The van der Waals surface area contributed by atoms with Gasteiger partial charge in [0.25, 0.3) is 0 Å². The molecular weight excluding hydrogens is 407 g/mol. The van der Waals surface area contributed by atoms with E-state index in [-0.39, 0.29) is 29.6 Å². The summed E-state index contributed by atoms with van der Waals surface area (Å²) in [6.07, 6.45) is 16.2. The number of rotatable bonds is 18. The fourth-order valence-electron chi connectivity index (χ4n) is 2.89. The molecule has 0 saturated heterocycles. The second kappa shape index (κ2) is 26.1. The molecule has 0 aromatic rings. The molecule has 0 aromatic carbocycles. The van der Waals surface area contributed by atoms with Crippen molar-refractivity contribution >= 4 is 11.9 Å². The van der Waals surface area contributed by atoms with Gasteiger partial charge in [0.1, 0.15) is 6.10 Å². The smallest absolute Gasteiger partial charge is 0.547 e. The summed E-state index contributed by atoms with van der Waals surface area (Å²) in [5.74, 6) is -1.07. The van der Waals surface area contributed by atoms with Crippen LogP contribution in [-0.4, -0.2) is 41.0 Å². The maximum absolute atomic E-state index is 11.0. The van der Waals surface area contributed by atoms with E-state index in [2.05, 4.69) is 13.8 Å². The molecule has 0 spiro atoms. The van der Waals surface area contributed by atoms with Gasteiger partial charge < -0.3 is 24.9 Å². The van der Waals surface area contributed by atoms with Gasteiger partial charge in [-0.1, -0.05) is 97.3 Å². The fourth-order valence-corrected chi connectivity index (χ4v) is 2.89. The van der Waals surface area contributed by atoms with Crippen molar-refractivity contribution in [1.29, 1.82) is 0 Å². The van der Waals surface area contributed by atoms with Crippen LogP contribution in [0.2, 0.25) is 0 Å². The van der Waals surface area contributed by atoms with Crippen molar-refractivity contribution in [2.45, 2.75) is 130 Å². The molecule has 2 unspecified atom stereocenters. The quantitative estimate of drug-likeness (QED) is 0.183. The van der Waals surface area contributed by atoms with Crippen molar-refractivity contribution in [3.8, 4) is 0 Å². The van der Waals surface area contributed by atoms with Crippen LogP contribution in [0.4, 0.5) is 0 Å². The Balaban J connectivity index is -0.000000976. The van der Waals surface area contributed by atoms with Crippen molar-refractivity contribution in [3.63, 3.8) is 0 Å². The van der Waals surface area contributed by atoms with Gasteiger partial charge in [0.2, 0.25) is 0 Å². The van der Waals surface area contributed by atoms with Gasteiger partial charge in [0.05, 0.1) is 18.7 Å². The number of aliphatic hydroxyl groups is 2. The van der Waals surface area contributed by atoms with E-state index in [0.717, 1.165) is 25.7 Å². The minimum absolute atomic E-state index is 0. The molecule has 0 aliphatic heterocycles. The van der Waals surface area contributed by atoms with Crippen molar-refractivity contribution in [2.75, 3.05) is 6.61 Å². The van der Waals surface area contributed by atoms with Crippen LogP contribution in [0.1, 0.15) is 118 Å². The first-order valence-corrected chi connectivity index (χ1v) is 11.9. The summed E-state index contributed by atoms with van der Waals surface area (Å²) in [7, 11) is 0. The van der Waals surface area contributed by atoms with Crippen LogP contribution in [0.3, 0.4) is 0 Å². The van der Waals surface area contributed by atoms with Crippen molar-refractivity contribution < 1.29 is 59.2 Å². The molecule has 0 saturated carbocycles. The first-order chi connectivity index (χ1) is 14.2. The Bertz CT molecular complexity index is 400. The van der Waals surface area contributed by atoms with Gasteiger partial charge in [-0.2, -0.15) is 0 Å². The van der Waals surface area contributed by atoms with E-state index in [4.69, 9.17) is 14.9 Å². The van der Waals surface area contributed by atoms with Crippen LogP contribution in [-0.2, 0) is 14.3 Å². The Morgan fingerprint density at radius 1 is 0.677 bits per heavy atom. The van der Waals surface area contributed by atoms with Crippen LogP contribution in [0, 0.1) is 5.92 Å². The van der Waals surface area contributed by atoms with Crippen LogP contribution in [0.15, 0.2) is 0 Å². The molecule has 180 valence electrons. The number of carbonyl (C=O) groups is 2. The summed E-state index contributed by atoms with van der Waals surface area (Å²) < 4.78 is 4.93. The molecule has 0 aromatic heterocycles. The molecule has 0 bridgehead atoms. The monoisotopic (exact) mass is 454 g/mol. The van der Waals surface area contributed by atoms with E-state index in [1.54, 1.807) is 0 Å². The predicted octanol–water partition coefficient (Wildman–Crippen LogP) is 1.15. The van der Waals surface area contributed by atoms with Gasteiger partial charge in [-0.05, 0) is 26.2 Å². The number of aliphatic hydroxyl groups excluding tert-OH is 2. The molecule has 0 rings (SSSR count). The molecule has 7 heteroatoms. The molecule has 0 aliphatic carbocycles. The number of hydrogen-bond donors (Lipinski definition) is 2. The Labute approximate surface area is 212 Å². The van der Waals surface area contributed by atoms with Gasteiger partial charge in [-0.3, -0.25) is 0 Å². The number of carboxylic acids is 1. The summed E-state index contributed by atoms with van der Waals surface area (Å²) >= 11 is 0. The number of ether oxygens (including phenoxy) is 1. The largest absolute Gasteiger partial charge is 1.00 e. The fraction of sp³-hybridized carbons (Fsp3) is 0.917. The summed E-state index contributed by atoms with van der Waals surface area (Å²) in [5, 5.41) is 26.3. The maximum atomic E-state index is 11.0. The second-order valence-electron chi connectivity index (χ2n) is 8.62. The zero-order chi connectivity index (χ0) is 23.2. The predicted molar refractivity (Wildman–Crippen MR) is 119 cm³/mol. The molecule has 0 amide bonds. The first-order valence-electron chi connectivity index (χ1n) is 11.9.